The Morgan fingerprint density at radius 3 is 2.71 bits per heavy atom. The van der Waals surface area contributed by atoms with E-state index < -0.39 is 0 Å². The predicted octanol–water partition coefficient (Wildman–Crippen LogP) is 4.78. The third-order valence-corrected chi connectivity index (χ3v) is 4.93. The molecule has 0 aliphatic rings. The van der Waals surface area contributed by atoms with E-state index in [4.69, 9.17) is 23.2 Å². The SMILES string of the molecule is Cc1nn(C)c2c1nc(C(C)Cl)n2-c1cccc(Cl)c1Br. The summed E-state index contributed by atoms with van der Waals surface area (Å²) in [4.78, 5) is 4.66. The molecule has 4 nitrogen and oxygen atoms in total. The van der Waals surface area contributed by atoms with Crippen molar-refractivity contribution < 1.29 is 0 Å². The molecule has 7 heteroatoms. The molecule has 0 saturated heterocycles. The van der Waals surface area contributed by atoms with E-state index in [0.29, 0.717) is 5.02 Å². The molecule has 0 bridgehead atoms. The first-order chi connectivity index (χ1) is 9.91. The van der Waals surface area contributed by atoms with E-state index in [2.05, 4.69) is 26.0 Å². The van der Waals surface area contributed by atoms with Crippen LogP contribution in [0.3, 0.4) is 0 Å². The zero-order valence-corrected chi connectivity index (χ0v) is 14.8. The summed E-state index contributed by atoms with van der Waals surface area (Å²) < 4.78 is 4.62. The standard InChI is InChI=1S/C14H13BrCl2N4/c1-7(16)13-18-12-8(2)19-20(3)14(12)21(13)10-6-4-5-9(17)11(10)15/h4-7H,1-3H3. The number of hydrogen-bond acceptors (Lipinski definition) is 2. The van der Waals surface area contributed by atoms with Gasteiger partial charge in [0, 0.05) is 7.05 Å². The van der Waals surface area contributed by atoms with Crippen LogP contribution in [0.4, 0.5) is 0 Å². The molecular weight excluding hydrogens is 375 g/mol. The number of aromatic nitrogens is 4. The lowest BCUT2D eigenvalue weighted by molar-refractivity contribution is 0.747. The van der Waals surface area contributed by atoms with Crippen molar-refractivity contribution in [1.82, 2.24) is 19.3 Å². The van der Waals surface area contributed by atoms with Crippen molar-refractivity contribution in [3.8, 4) is 5.69 Å². The van der Waals surface area contributed by atoms with Crippen LogP contribution in [0.2, 0.25) is 5.02 Å². The molecule has 3 aromatic rings. The van der Waals surface area contributed by atoms with E-state index in [-0.39, 0.29) is 5.38 Å². The summed E-state index contributed by atoms with van der Waals surface area (Å²) in [6.45, 7) is 3.84. The normalized spacial score (nSPS) is 13.0. The fraction of sp³-hybridized carbons (Fsp3) is 0.286. The first-order valence-corrected chi connectivity index (χ1v) is 8.03. The quantitative estimate of drug-likeness (QED) is 0.593. The molecule has 0 N–H and O–H groups in total. The van der Waals surface area contributed by atoms with Gasteiger partial charge >= 0.3 is 0 Å². The van der Waals surface area contributed by atoms with Crippen LogP contribution in [-0.4, -0.2) is 19.3 Å². The van der Waals surface area contributed by atoms with Crippen molar-refractivity contribution in [2.75, 3.05) is 0 Å². The van der Waals surface area contributed by atoms with Crippen molar-refractivity contribution in [2.45, 2.75) is 19.2 Å². The molecule has 0 radical (unpaired) electrons. The minimum atomic E-state index is -0.234. The Bertz CT molecular complexity index is 835. The maximum atomic E-state index is 6.32. The van der Waals surface area contributed by atoms with Crippen LogP contribution in [0.15, 0.2) is 22.7 Å². The summed E-state index contributed by atoms with van der Waals surface area (Å²) in [5, 5.41) is 4.84. The van der Waals surface area contributed by atoms with Gasteiger partial charge in [0.25, 0.3) is 0 Å². The third-order valence-electron chi connectivity index (χ3n) is 3.36. The largest absolute Gasteiger partial charge is 0.278 e. The Morgan fingerprint density at radius 1 is 1.33 bits per heavy atom. The van der Waals surface area contributed by atoms with Gasteiger partial charge in [-0.3, -0.25) is 4.57 Å². The number of rotatable bonds is 2. The fourth-order valence-electron chi connectivity index (χ4n) is 2.46. The number of nitrogens with zero attached hydrogens (tertiary/aromatic N) is 4. The van der Waals surface area contributed by atoms with Gasteiger partial charge in [-0.15, -0.1) is 11.6 Å². The summed E-state index contributed by atoms with van der Waals surface area (Å²) >= 11 is 16.1. The van der Waals surface area contributed by atoms with Crippen molar-refractivity contribution in [2.24, 2.45) is 7.05 Å². The van der Waals surface area contributed by atoms with Gasteiger partial charge in [0.1, 0.15) is 11.3 Å². The molecule has 1 aromatic carbocycles. The first-order valence-electron chi connectivity index (χ1n) is 6.42. The topological polar surface area (TPSA) is 35.6 Å². The van der Waals surface area contributed by atoms with Crippen molar-refractivity contribution >= 4 is 50.3 Å². The predicted molar refractivity (Wildman–Crippen MR) is 89.6 cm³/mol. The zero-order chi connectivity index (χ0) is 15.3. The summed E-state index contributed by atoms with van der Waals surface area (Å²) in [6.07, 6.45) is 0. The summed E-state index contributed by atoms with van der Waals surface area (Å²) in [7, 11) is 1.90. The van der Waals surface area contributed by atoms with Crippen molar-refractivity contribution in [3.63, 3.8) is 0 Å². The molecule has 1 atom stereocenters. The lowest BCUT2D eigenvalue weighted by atomic mass is 10.3. The number of benzene rings is 1. The first kappa shape index (κ1) is 14.9. The van der Waals surface area contributed by atoms with Crippen LogP contribution in [0, 0.1) is 6.92 Å². The van der Waals surface area contributed by atoms with E-state index in [1.165, 1.54) is 0 Å². The maximum Gasteiger partial charge on any atom is 0.163 e. The highest BCUT2D eigenvalue weighted by atomic mass is 79.9. The minimum absolute atomic E-state index is 0.234. The Hall–Kier alpha value is -1.04. The maximum absolute atomic E-state index is 6.32. The Labute approximate surface area is 140 Å². The summed E-state index contributed by atoms with van der Waals surface area (Å²) in [6, 6.07) is 5.71. The average molecular weight is 388 g/mol. The molecule has 0 saturated carbocycles. The van der Waals surface area contributed by atoms with E-state index >= 15 is 0 Å². The van der Waals surface area contributed by atoms with Gasteiger partial charge < -0.3 is 0 Å². The second-order valence-corrected chi connectivity index (χ2v) is 6.73. The molecule has 2 heterocycles. The van der Waals surface area contributed by atoms with Crippen LogP contribution in [-0.2, 0) is 7.05 Å². The van der Waals surface area contributed by atoms with Gasteiger partial charge in [-0.25, -0.2) is 9.67 Å². The number of fused-ring (bicyclic) bond motifs is 1. The summed E-state index contributed by atoms with van der Waals surface area (Å²) in [5.41, 5.74) is 3.53. The fourth-order valence-corrected chi connectivity index (χ4v) is 3.22. The van der Waals surface area contributed by atoms with Gasteiger partial charge in [0.15, 0.2) is 5.65 Å². The second-order valence-electron chi connectivity index (χ2n) is 4.88. The smallest absolute Gasteiger partial charge is 0.163 e. The summed E-state index contributed by atoms with van der Waals surface area (Å²) in [5.74, 6) is 0.769. The molecule has 21 heavy (non-hydrogen) atoms. The van der Waals surface area contributed by atoms with E-state index in [1.807, 2.05) is 48.3 Å². The Balaban J connectivity index is 2.44. The lowest BCUT2D eigenvalue weighted by Crippen LogP contribution is -2.06. The van der Waals surface area contributed by atoms with Crippen LogP contribution in [0.1, 0.15) is 23.8 Å². The molecule has 0 aliphatic carbocycles. The van der Waals surface area contributed by atoms with Gasteiger partial charge in [-0.05, 0) is 41.9 Å². The van der Waals surface area contributed by atoms with Crippen LogP contribution in [0.25, 0.3) is 16.9 Å². The monoisotopic (exact) mass is 386 g/mol. The molecule has 2 aromatic heterocycles. The van der Waals surface area contributed by atoms with E-state index in [9.17, 15) is 0 Å². The van der Waals surface area contributed by atoms with Gasteiger partial charge in [-0.1, -0.05) is 17.7 Å². The molecule has 0 spiro atoms. The van der Waals surface area contributed by atoms with Crippen LogP contribution in [0.5, 0.6) is 0 Å². The van der Waals surface area contributed by atoms with Gasteiger partial charge in [-0.2, -0.15) is 5.10 Å². The number of aryl methyl sites for hydroxylation is 2. The third kappa shape index (κ3) is 2.28. The Kier molecular flexibility index (Phi) is 3.76. The van der Waals surface area contributed by atoms with Crippen molar-refractivity contribution in [1.29, 1.82) is 0 Å². The molecule has 0 aliphatic heterocycles. The van der Waals surface area contributed by atoms with E-state index in [1.54, 1.807) is 0 Å². The Morgan fingerprint density at radius 2 is 2.05 bits per heavy atom. The number of hydrogen-bond donors (Lipinski definition) is 0. The van der Waals surface area contributed by atoms with Crippen LogP contribution >= 0.6 is 39.1 Å². The minimum Gasteiger partial charge on any atom is -0.278 e. The van der Waals surface area contributed by atoms with Gasteiger partial charge in [0.2, 0.25) is 0 Å². The average Bonchev–Trinajstić information content (AvgIpc) is 2.93. The highest BCUT2D eigenvalue weighted by molar-refractivity contribution is 9.10. The molecular formula is C14H13BrCl2N4. The zero-order valence-electron chi connectivity index (χ0n) is 11.7. The molecule has 3 rings (SSSR count). The molecule has 1 unspecified atom stereocenters. The van der Waals surface area contributed by atoms with Gasteiger partial charge in [0.05, 0.1) is 26.3 Å². The highest BCUT2D eigenvalue weighted by Crippen LogP contribution is 2.35. The number of alkyl halides is 1. The van der Waals surface area contributed by atoms with Crippen molar-refractivity contribution in [3.05, 3.63) is 39.2 Å². The molecule has 110 valence electrons. The lowest BCUT2D eigenvalue weighted by Gasteiger charge is -2.13. The van der Waals surface area contributed by atoms with Crippen LogP contribution < -0.4 is 0 Å². The second kappa shape index (κ2) is 5.30. The number of imidazole rings is 1. The molecule has 0 amide bonds. The number of halogens is 3. The molecule has 0 fully saturated rings. The van der Waals surface area contributed by atoms with E-state index in [0.717, 1.165) is 32.8 Å². The highest BCUT2D eigenvalue weighted by Gasteiger charge is 2.22.